The van der Waals surface area contributed by atoms with Crippen LogP contribution >= 0.6 is 0 Å². The highest BCUT2D eigenvalue weighted by Gasteiger charge is 2.04. The Morgan fingerprint density at radius 3 is 2.26 bits per heavy atom. The molecule has 0 amide bonds. The number of hydrogen-bond donors (Lipinski definition) is 1. The predicted octanol–water partition coefficient (Wildman–Crippen LogP) is 3.74. The molecule has 23 heavy (non-hydrogen) atoms. The molecule has 0 aliphatic heterocycles. The first-order valence-electron chi connectivity index (χ1n) is 6.70. The van der Waals surface area contributed by atoms with Crippen molar-refractivity contribution < 1.29 is 13.0 Å². The minimum atomic E-state index is -4.46. The summed E-state index contributed by atoms with van der Waals surface area (Å²) in [5.74, 6) is 0. The first kappa shape index (κ1) is 15.1. The van der Waals surface area contributed by atoms with Crippen molar-refractivity contribution in [2.24, 2.45) is 10.2 Å². The molecule has 3 aromatic carbocycles. The van der Waals surface area contributed by atoms with Gasteiger partial charge in [-0.3, -0.25) is 0 Å². The molecule has 0 unspecified atom stereocenters. The molecule has 0 bridgehead atoms. The largest absolute Gasteiger partial charge is 0.744 e. The Balaban J connectivity index is 1.92. The van der Waals surface area contributed by atoms with E-state index in [1.165, 1.54) is 24.3 Å². The van der Waals surface area contributed by atoms with Crippen LogP contribution in [0, 0.1) is 0 Å². The maximum absolute atomic E-state index is 10.9. The zero-order chi connectivity index (χ0) is 16.4. The van der Waals surface area contributed by atoms with Crippen LogP contribution in [0.5, 0.6) is 0 Å². The summed E-state index contributed by atoms with van der Waals surface area (Å²) in [5, 5.41) is 10.0. The third-order valence-corrected chi connectivity index (χ3v) is 4.20. The molecule has 0 saturated heterocycles. The third-order valence-electron chi connectivity index (χ3n) is 3.35. The van der Waals surface area contributed by atoms with Gasteiger partial charge in [0.15, 0.2) is 0 Å². The standard InChI is InChI=1S/C16H13N3O3S/c17-16-14-4-2-1-3-11(14)5-10-15(16)19-18-12-6-8-13(9-7-12)23(20,21)22/h1-10H,17H2,(H,20,21,22)/p-1. The molecule has 0 aromatic heterocycles. The summed E-state index contributed by atoms with van der Waals surface area (Å²) in [6.07, 6.45) is 0. The van der Waals surface area contributed by atoms with E-state index in [4.69, 9.17) is 5.73 Å². The highest BCUT2D eigenvalue weighted by molar-refractivity contribution is 7.85. The number of azo groups is 1. The molecule has 0 saturated carbocycles. The van der Waals surface area contributed by atoms with E-state index in [1.807, 2.05) is 30.3 Å². The summed E-state index contributed by atoms with van der Waals surface area (Å²) in [7, 11) is -4.46. The van der Waals surface area contributed by atoms with Crippen molar-refractivity contribution in [3.8, 4) is 0 Å². The topological polar surface area (TPSA) is 108 Å². The van der Waals surface area contributed by atoms with Crippen LogP contribution in [0.2, 0.25) is 0 Å². The quantitative estimate of drug-likeness (QED) is 0.449. The molecule has 0 heterocycles. The van der Waals surface area contributed by atoms with Gasteiger partial charge in [-0.1, -0.05) is 30.3 Å². The van der Waals surface area contributed by atoms with Crippen molar-refractivity contribution in [2.45, 2.75) is 4.90 Å². The fraction of sp³-hybridized carbons (Fsp3) is 0. The molecular formula is C16H12N3O3S-. The van der Waals surface area contributed by atoms with Crippen LogP contribution in [0.4, 0.5) is 17.1 Å². The lowest BCUT2D eigenvalue weighted by Gasteiger charge is -2.06. The minimum absolute atomic E-state index is 0.304. The van der Waals surface area contributed by atoms with E-state index >= 15 is 0 Å². The molecular weight excluding hydrogens is 314 g/mol. The van der Waals surface area contributed by atoms with Gasteiger partial charge in [0.05, 0.1) is 16.3 Å². The number of nitrogens with two attached hydrogens (primary N) is 1. The molecule has 2 N–H and O–H groups in total. The van der Waals surface area contributed by atoms with Crippen LogP contribution in [0.3, 0.4) is 0 Å². The van der Waals surface area contributed by atoms with Crippen LogP contribution in [-0.2, 0) is 10.1 Å². The molecule has 3 rings (SSSR count). The molecule has 0 radical (unpaired) electrons. The molecule has 0 aliphatic rings. The fourth-order valence-electron chi connectivity index (χ4n) is 2.16. The SMILES string of the molecule is Nc1c(N=Nc2ccc(S(=O)(=O)[O-])cc2)ccc2ccccc12. The normalized spacial score (nSPS) is 12.0. The maximum atomic E-state index is 10.9. The van der Waals surface area contributed by atoms with Crippen molar-refractivity contribution in [2.75, 3.05) is 5.73 Å². The summed E-state index contributed by atoms with van der Waals surface area (Å²) in [6.45, 7) is 0. The first-order valence-corrected chi connectivity index (χ1v) is 8.11. The Labute approximate surface area is 133 Å². The van der Waals surface area contributed by atoms with E-state index < -0.39 is 10.1 Å². The lowest BCUT2D eigenvalue weighted by Crippen LogP contribution is -1.97. The van der Waals surface area contributed by atoms with Crippen LogP contribution in [0.25, 0.3) is 10.8 Å². The third kappa shape index (κ3) is 3.20. The lowest BCUT2D eigenvalue weighted by atomic mass is 10.1. The van der Waals surface area contributed by atoms with Gasteiger partial charge in [-0.15, -0.1) is 5.11 Å². The van der Waals surface area contributed by atoms with E-state index in [1.54, 1.807) is 6.07 Å². The molecule has 6 nitrogen and oxygen atoms in total. The summed E-state index contributed by atoms with van der Waals surface area (Å²) in [4.78, 5) is -0.304. The number of rotatable bonds is 3. The van der Waals surface area contributed by atoms with Gasteiger partial charge in [-0.25, -0.2) is 8.42 Å². The van der Waals surface area contributed by atoms with Gasteiger partial charge in [0.1, 0.15) is 15.8 Å². The summed E-state index contributed by atoms with van der Waals surface area (Å²) in [5.41, 5.74) is 7.55. The Morgan fingerprint density at radius 1 is 0.870 bits per heavy atom. The number of anilines is 1. The van der Waals surface area contributed by atoms with Gasteiger partial charge in [-0.2, -0.15) is 5.11 Å². The van der Waals surface area contributed by atoms with Gasteiger partial charge in [0.2, 0.25) is 0 Å². The number of hydrogen-bond acceptors (Lipinski definition) is 6. The monoisotopic (exact) mass is 326 g/mol. The number of benzene rings is 3. The Kier molecular flexibility index (Phi) is 3.81. The molecule has 116 valence electrons. The van der Waals surface area contributed by atoms with Gasteiger partial charge < -0.3 is 10.3 Å². The van der Waals surface area contributed by atoms with E-state index in [2.05, 4.69) is 10.2 Å². The second-order valence-corrected chi connectivity index (χ2v) is 6.25. The summed E-state index contributed by atoms with van der Waals surface area (Å²) in [6, 6.07) is 16.5. The second-order valence-electron chi connectivity index (χ2n) is 4.87. The fourth-order valence-corrected chi connectivity index (χ4v) is 2.63. The maximum Gasteiger partial charge on any atom is 0.124 e. The molecule has 0 spiro atoms. The minimum Gasteiger partial charge on any atom is -0.744 e. The average Bonchev–Trinajstić information content (AvgIpc) is 2.54. The van der Waals surface area contributed by atoms with Crippen LogP contribution in [0.15, 0.2) is 75.8 Å². The molecule has 0 fully saturated rings. The van der Waals surface area contributed by atoms with Gasteiger partial charge in [0.25, 0.3) is 0 Å². The lowest BCUT2D eigenvalue weighted by molar-refractivity contribution is 0.463. The average molecular weight is 326 g/mol. The number of fused-ring (bicyclic) bond motifs is 1. The summed E-state index contributed by atoms with van der Waals surface area (Å²) >= 11 is 0. The molecule has 3 aromatic rings. The second kappa shape index (κ2) is 5.79. The number of nitrogen functional groups attached to an aromatic ring is 1. The van der Waals surface area contributed by atoms with E-state index in [-0.39, 0.29) is 4.90 Å². The molecule has 7 heteroatoms. The zero-order valence-corrected chi connectivity index (χ0v) is 12.7. The highest BCUT2D eigenvalue weighted by atomic mass is 32.2. The van der Waals surface area contributed by atoms with Crippen molar-refractivity contribution in [1.29, 1.82) is 0 Å². The van der Waals surface area contributed by atoms with Crippen molar-refractivity contribution in [1.82, 2.24) is 0 Å². The summed E-state index contributed by atoms with van der Waals surface area (Å²) < 4.78 is 32.6. The highest BCUT2D eigenvalue weighted by Crippen LogP contribution is 2.31. The first-order chi connectivity index (χ1) is 10.9. The smallest absolute Gasteiger partial charge is 0.124 e. The van der Waals surface area contributed by atoms with E-state index in [0.29, 0.717) is 17.1 Å². The van der Waals surface area contributed by atoms with Crippen molar-refractivity contribution in [3.63, 3.8) is 0 Å². The Hall–Kier alpha value is -2.77. The zero-order valence-electron chi connectivity index (χ0n) is 11.9. The van der Waals surface area contributed by atoms with E-state index in [9.17, 15) is 13.0 Å². The van der Waals surface area contributed by atoms with Crippen molar-refractivity contribution >= 4 is 38.0 Å². The van der Waals surface area contributed by atoms with Gasteiger partial charge in [0, 0.05) is 5.39 Å². The van der Waals surface area contributed by atoms with Crippen LogP contribution < -0.4 is 5.73 Å². The van der Waals surface area contributed by atoms with E-state index in [0.717, 1.165) is 10.8 Å². The Bertz CT molecular complexity index is 997. The van der Waals surface area contributed by atoms with Gasteiger partial charge >= 0.3 is 0 Å². The number of nitrogens with zero attached hydrogens (tertiary/aromatic N) is 2. The van der Waals surface area contributed by atoms with Crippen LogP contribution in [-0.4, -0.2) is 13.0 Å². The van der Waals surface area contributed by atoms with Crippen LogP contribution in [0.1, 0.15) is 0 Å². The van der Waals surface area contributed by atoms with Gasteiger partial charge in [-0.05, 0) is 35.7 Å². The molecule has 0 atom stereocenters. The molecule has 0 aliphatic carbocycles. The Morgan fingerprint density at radius 2 is 1.57 bits per heavy atom. The van der Waals surface area contributed by atoms with Crippen molar-refractivity contribution in [3.05, 3.63) is 60.7 Å². The predicted molar refractivity (Wildman–Crippen MR) is 86.9 cm³/mol.